The van der Waals surface area contributed by atoms with Crippen LogP contribution in [0, 0.1) is 0 Å². The van der Waals surface area contributed by atoms with Gasteiger partial charge in [0.2, 0.25) is 15.9 Å². The zero-order valence-corrected chi connectivity index (χ0v) is 18.9. The summed E-state index contributed by atoms with van der Waals surface area (Å²) in [5.74, 6) is -0.202. The highest BCUT2D eigenvalue weighted by molar-refractivity contribution is 7.89. The summed E-state index contributed by atoms with van der Waals surface area (Å²) in [5, 5.41) is 3.50. The third kappa shape index (κ3) is 5.60. The third-order valence-electron chi connectivity index (χ3n) is 5.42. The molecule has 1 fully saturated rings. The molecule has 1 amide bonds. The summed E-state index contributed by atoms with van der Waals surface area (Å²) in [5.41, 5.74) is 1.49. The largest absolute Gasteiger partial charge is 0.325 e. The lowest BCUT2D eigenvalue weighted by molar-refractivity contribution is -0.120. The number of rotatable bonds is 7. The number of halogens is 1. The first kappa shape index (κ1) is 22.7. The van der Waals surface area contributed by atoms with E-state index in [9.17, 15) is 13.2 Å². The number of hydrogen-bond donors (Lipinski definition) is 1. The first-order chi connectivity index (χ1) is 14.3. The topological polar surface area (TPSA) is 69.7 Å². The second-order valence-electron chi connectivity index (χ2n) is 7.70. The van der Waals surface area contributed by atoms with Crippen molar-refractivity contribution in [2.45, 2.75) is 43.7 Å². The van der Waals surface area contributed by atoms with E-state index >= 15 is 0 Å². The molecule has 1 unspecified atom stereocenters. The van der Waals surface area contributed by atoms with Gasteiger partial charge >= 0.3 is 0 Å². The highest BCUT2D eigenvalue weighted by atomic mass is 35.5. The maximum atomic E-state index is 12.9. The van der Waals surface area contributed by atoms with Gasteiger partial charge in [0.05, 0.1) is 10.9 Å². The second kappa shape index (κ2) is 9.92. The summed E-state index contributed by atoms with van der Waals surface area (Å²) in [6.45, 7) is 3.47. The molecule has 0 aliphatic carbocycles. The fraction of sp³-hybridized carbons (Fsp3) is 0.409. The van der Waals surface area contributed by atoms with Crippen molar-refractivity contribution < 1.29 is 13.2 Å². The number of carbonyl (C=O) groups excluding carboxylic acids is 1. The predicted octanol–water partition coefficient (Wildman–Crippen LogP) is 3.97. The van der Waals surface area contributed by atoms with Crippen LogP contribution in [0.15, 0.2) is 53.4 Å². The summed E-state index contributed by atoms with van der Waals surface area (Å²) >= 11 is 6.04. The maximum absolute atomic E-state index is 12.9. The molecule has 8 heteroatoms. The quantitative estimate of drug-likeness (QED) is 0.694. The second-order valence-corrected chi connectivity index (χ2v) is 10.1. The predicted molar refractivity (Wildman–Crippen MR) is 120 cm³/mol. The summed E-state index contributed by atoms with van der Waals surface area (Å²) < 4.78 is 27.3. The van der Waals surface area contributed by atoms with Gasteiger partial charge in [-0.25, -0.2) is 8.42 Å². The average Bonchev–Trinajstić information content (AvgIpc) is 2.74. The number of likely N-dealkylation sites (N-methyl/N-ethyl adjacent to an activating group) is 1. The number of hydrogen-bond acceptors (Lipinski definition) is 4. The number of sulfonamides is 1. The molecule has 0 radical (unpaired) electrons. The van der Waals surface area contributed by atoms with Crippen molar-refractivity contribution in [1.29, 1.82) is 0 Å². The van der Waals surface area contributed by atoms with E-state index < -0.39 is 16.1 Å². The smallest absolute Gasteiger partial charge is 0.243 e. The van der Waals surface area contributed by atoms with Crippen LogP contribution in [0.3, 0.4) is 0 Å². The fourth-order valence-corrected chi connectivity index (χ4v) is 5.27. The monoisotopic (exact) mass is 449 g/mol. The van der Waals surface area contributed by atoms with E-state index in [1.165, 1.54) is 10.4 Å². The van der Waals surface area contributed by atoms with Crippen LogP contribution in [0.25, 0.3) is 0 Å². The van der Waals surface area contributed by atoms with E-state index in [-0.39, 0.29) is 10.8 Å². The molecule has 1 N–H and O–H groups in total. The highest BCUT2D eigenvalue weighted by Crippen LogP contribution is 2.23. The van der Waals surface area contributed by atoms with Gasteiger partial charge in [-0.15, -0.1) is 0 Å². The van der Waals surface area contributed by atoms with E-state index in [0.29, 0.717) is 30.3 Å². The Hall–Kier alpha value is -1.93. The first-order valence-corrected chi connectivity index (χ1v) is 11.9. The van der Waals surface area contributed by atoms with Crippen LogP contribution in [-0.4, -0.2) is 49.7 Å². The molecule has 2 aromatic carbocycles. The molecule has 1 atom stereocenters. The molecule has 1 heterocycles. The Morgan fingerprint density at radius 1 is 1.13 bits per heavy atom. The number of amides is 1. The lowest BCUT2D eigenvalue weighted by atomic mass is 10.2. The van der Waals surface area contributed by atoms with Gasteiger partial charge in [-0.1, -0.05) is 36.2 Å². The lowest BCUT2D eigenvalue weighted by Gasteiger charge is -2.26. The van der Waals surface area contributed by atoms with Crippen molar-refractivity contribution >= 4 is 33.2 Å². The standard InChI is InChI=1S/C22H28ClN3O3S/c1-17(25(2)16-18-8-6-9-19(23)14-18)22(27)24-20-10-7-11-21(15-20)30(28,29)26-12-4-3-5-13-26/h6-11,14-15,17H,3-5,12-13,16H2,1-2H3,(H,24,27). The minimum atomic E-state index is -3.54. The van der Waals surface area contributed by atoms with Crippen LogP contribution < -0.4 is 5.32 Å². The zero-order valence-electron chi connectivity index (χ0n) is 17.3. The first-order valence-electron chi connectivity index (χ1n) is 10.1. The molecule has 1 aliphatic heterocycles. The Bertz CT molecular complexity index is 991. The van der Waals surface area contributed by atoms with Gasteiger partial charge in [-0.05, 0) is 62.7 Å². The van der Waals surface area contributed by atoms with Gasteiger partial charge in [0.15, 0.2) is 0 Å². The summed E-state index contributed by atoms with van der Waals surface area (Å²) in [4.78, 5) is 14.9. The van der Waals surface area contributed by atoms with Gasteiger partial charge < -0.3 is 5.32 Å². The zero-order chi connectivity index (χ0) is 21.7. The summed E-state index contributed by atoms with van der Waals surface area (Å²) in [6, 6.07) is 13.6. The Kier molecular flexibility index (Phi) is 7.52. The minimum Gasteiger partial charge on any atom is -0.325 e. The fourth-order valence-electron chi connectivity index (χ4n) is 3.50. The minimum absolute atomic E-state index is 0.202. The molecular weight excluding hydrogens is 422 g/mol. The molecule has 6 nitrogen and oxygen atoms in total. The normalized spacial score (nSPS) is 16.4. The van der Waals surface area contributed by atoms with Crippen LogP contribution in [0.5, 0.6) is 0 Å². The molecule has 0 aromatic heterocycles. The molecule has 2 aromatic rings. The van der Waals surface area contributed by atoms with Crippen LogP contribution >= 0.6 is 11.6 Å². The number of nitrogens with one attached hydrogen (secondary N) is 1. The van der Waals surface area contributed by atoms with E-state index in [1.807, 2.05) is 43.1 Å². The summed E-state index contributed by atoms with van der Waals surface area (Å²) in [7, 11) is -1.68. The number of anilines is 1. The van der Waals surface area contributed by atoms with Crippen LogP contribution in [0.1, 0.15) is 31.7 Å². The van der Waals surface area contributed by atoms with Crippen molar-refractivity contribution in [2.24, 2.45) is 0 Å². The molecule has 1 aliphatic rings. The molecular formula is C22H28ClN3O3S. The van der Waals surface area contributed by atoms with Crippen molar-refractivity contribution in [2.75, 3.05) is 25.5 Å². The van der Waals surface area contributed by atoms with Crippen molar-refractivity contribution in [3.8, 4) is 0 Å². The van der Waals surface area contributed by atoms with Crippen molar-refractivity contribution in [3.63, 3.8) is 0 Å². The molecule has 1 saturated heterocycles. The van der Waals surface area contributed by atoms with E-state index in [4.69, 9.17) is 11.6 Å². The molecule has 0 saturated carbocycles. The van der Waals surface area contributed by atoms with Crippen molar-refractivity contribution in [3.05, 3.63) is 59.1 Å². The molecule has 30 heavy (non-hydrogen) atoms. The molecule has 162 valence electrons. The van der Waals surface area contributed by atoms with E-state index in [1.54, 1.807) is 18.2 Å². The SMILES string of the molecule is CC(C(=O)Nc1cccc(S(=O)(=O)N2CCCCC2)c1)N(C)Cc1cccc(Cl)c1. The van der Waals surface area contributed by atoms with Gasteiger partial charge in [0, 0.05) is 30.3 Å². The van der Waals surface area contributed by atoms with Gasteiger partial charge in [0.1, 0.15) is 0 Å². The Morgan fingerprint density at radius 3 is 2.53 bits per heavy atom. The van der Waals surface area contributed by atoms with Crippen LogP contribution in [0.4, 0.5) is 5.69 Å². The van der Waals surface area contributed by atoms with Crippen LogP contribution in [-0.2, 0) is 21.4 Å². The van der Waals surface area contributed by atoms with E-state index in [0.717, 1.165) is 24.8 Å². The van der Waals surface area contributed by atoms with Crippen molar-refractivity contribution in [1.82, 2.24) is 9.21 Å². The Morgan fingerprint density at radius 2 is 1.83 bits per heavy atom. The average molecular weight is 450 g/mol. The Balaban J connectivity index is 1.66. The van der Waals surface area contributed by atoms with Gasteiger partial charge in [-0.3, -0.25) is 9.69 Å². The molecule has 0 spiro atoms. The Labute approximate surface area is 183 Å². The molecule has 0 bridgehead atoms. The van der Waals surface area contributed by atoms with E-state index in [2.05, 4.69) is 5.32 Å². The summed E-state index contributed by atoms with van der Waals surface area (Å²) in [6.07, 6.45) is 2.82. The lowest BCUT2D eigenvalue weighted by Crippen LogP contribution is -2.39. The number of nitrogens with zero attached hydrogens (tertiary/aromatic N) is 2. The highest BCUT2D eigenvalue weighted by Gasteiger charge is 2.26. The van der Waals surface area contributed by atoms with Gasteiger partial charge in [-0.2, -0.15) is 4.31 Å². The number of carbonyl (C=O) groups is 1. The maximum Gasteiger partial charge on any atom is 0.243 e. The number of benzene rings is 2. The molecule has 3 rings (SSSR count). The van der Waals surface area contributed by atoms with Crippen LogP contribution in [0.2, 0.25) is 5.02 Å². The third-order valence-corrected chi connectivity index (χ3v) is 7.55. The van der Waals surface area contributed by atoms with Gasteiger partial charge in [0.25, 0.3) is 0 Å². The number of piperidine rings is 1.